The molecule has 27 heavy (non-hydrogen) atoms. The number of anilines is 1. The topological polar surface area (TPSA) is 43.3 Å². The molecule has 0 atom stereocenters. The second-order valence-electron chi connectivity index (χ2n) is 6.87. The number of hydrogen-bond donors (Lipinski definition) is 1. The van der Waals surface area contributed by atoms with Gasteiger partial charge in [0.25, 0.3) is 0 Å². The molecule has 0 amide bonds. The zero-order valence-corrected chi connectivity index (χ0v) is 19.8. The van der Waals surface area contributed by atoms with Crippen molar-refractivity contribution >= 4 is 35.6 Å². The highest BCUT2D eigenvalue weighted by Crippen LogP contribution is 2.20. The Morgan fingerprint density at radius 2 is 1.81 bits per heavy atom. The number of likely N-dealkylation sites (N-methyl/N-ethyl adjacent to an activating group) is 1. The number of ether oxygens (including phenoxy) is 1. The third-order valence-corrected chi connectivity index (χ3v) is 5.05. The normalized spacial score (nSPS) is 15.1. The van der Waals surface area contributed by atoms with Crippen LogP contribution in [0.25, 0.3) is 0 Å². The van der Waals surface area contributed by atoms with Crippen molar-refractivity contribution in [2.75, 3.05) is 64.9 Å². The Balaban J connectivity index is 0.00000364. The monoisotopic (exact) mass is 489 g/mol. The maximum atomic E-state index is 5.24. The minimum absolute atomic E-state index is 0. The zero-order chi connectivity index (χ0) is 18.9. The molecule has 0 bridgehead atoms. The van der Waals surface area contributed by atoms with Crippen molar-refractivity contribution in [3.63, 3.8) is 0 Å². The molecule has 1 heterocycles. The van der Waals surface area contributed by atoms with Gasteiger partial charge in [-0.05, 0) is 44.7 Å². The van der Waals surface area contributed by atoms with Gasteiger partial charge in [-0.1, -0.05) is 6.92 Å². The number of aliphatic imine (C=N–C) groups is 1. The van der Waals surface area contributed by atoms with Crippen molar-refractivity contribution in [2.45, 2.75) is 26.8 Å². The summed E-state index contributed by atoms with van der Waals surface area (Å²) < 4.78 is 5.24. The molecule has 0 aromatic heterocycles. The number of guanidine groups is 1. The van der Waals surface area contributed by atoms with Crippen molar-refractivity contribution in [3.8, 4) is 5.75 Å². The molecule has 7 heteroatoms. The van der Waals surface area contributed by atoms with Gasteiger partial charge in [0.15, 0.2) is 5.96 Å². The highest BCUT2D eigenvalue weighted by molar-refractivity contribution is 14.0. The lowest BCUT2D eigenvalue weighted by Gasteiger charge is -2.38. The van der Waals surface area contributed by atoms with Crippen LogP contribution in [0.1, 0.15) is 20.8 Å². The van der Waals surface area contributed by atoms with E-state index in [1.54, 1.807) is 7.11 Å². The Bertz CT molecular complexity index is 556. The van der Waals surface area contributed by atoms with Gasteiger partial charge < -0.3 is 19.9 Å². The maximum Gasteiger partial charge on any atom is 0.193 e. The van der Waals surface area contributed by atoms with Crippen molar-refractivity contribution < 1.29 is 4.74 Å². The molecule has 0 unspecified atom stereocenters. The van der Waals surface area contributed by atoms with E-state index >= 15 is 0 Å². The average molecular weight is 489 g/mol. The van der Waals surface area contributed by atoms with Crippen LogP contribution in [0, 0.1) is 0 Å². The molecule has 6 nitrogen and oxygen atoms in total. The Hall–Kier alpha value is -1.22. The second kappa shape index (κ2) is 12.3. The zero-order valence-electron chi connectivity index (χ0n) is 17.4. The van der Waals surface area contributed by atoms with Crippen LogP contribution in [0.4, 0.5) is 5.69 Å². The van der Waals surface area contributed by atoms with E-state index in [1.165, 1.54) is 5.69 Å². The summed E-state index contributed by atoms with van der Waals surface area (Å²) in [6.07, 6.45) is 0. The lowest BCUT2D eigenvalue weighted by Crippen LogP contribution is -2.53. The largest absolute Gasteiger partial charge is 0.497 e. The predicted octanol–water partition coefficient (Wildman–Crippen LogP) is 2.74. The fraction of sp³-hybridized carbons (Fsp3) is 0.650. The van der Waals surface area contributed by atoms with E-state index in [9.17, 15) is 0 Å². The number of piperazine rings is 1. The maximum absolute atomic E-state index is 5.24. The summed E-state index contributed by atoms with van der Waals surface area (Å²) in [5.41, 5.74) is 1.25. The number of hydrogen-bond acceptors (Lipinski definition) is 4. The minimum Gasteiger partial charge on any atom is -0.497 e. The molecule has 1 aromatic carbocycles. The van der Waals surface area contributed by atoms with E-state index in [2.05, 4.69) is 57.9 Å². The van der Waals surface area contributed by atoms with E-state index in [4.69, 9.17) is 4.74 Å². The van der Waals surface area contributed by atoms with E-state index < -0.39 is 0 Å². The van der Waals surface area contributed by atoms with Crippen molar-refractivity contribution in [1.82, 2.24) is 15.1 Å². The van der Waals surface area contributed by atoms with E-state index in [0.29, 0.717) is 6.04 Å². The smallest absolute Gasteiger partial charge is 0.193 e. The molecule has 1 fully saturated rings. The molecule has 1 aliphatic heterocycles. The van der Waals surface area contributed by atoms with Gasteiger partial charge in [0, 0.05) is 58.0 Å². The fourth-order valence-corrected chi connectivity index (χ4v) is 3.39. The minimum atomic E-state index is 0. The molecule has 0 saturated carbocycles. The van der Waals surface area contributed by atoms with Gasteiger partial charge in [0.05, 0.1) is 7.11 Å². The summed E-state index contributed by atoms with van der Waals surface area (Å²) in [6, 6.07) is 8.89. The molecule has 0 aliphatic carbocycles. The second-order valence-corrected chi connectivity index (χ2v) is 6.87. The van der Waals surface area contributed by atoms with Crippen LogP contribution in [0.3, 0.4) is 0 Å². The van der Waals surface area contributed by atoms with Gasteiger partial charge in [-0.2, -0.15) is 0 Å². The van der Waals surface area contributed by atoms with Crippen LogP contribution in [0.5, 0.6) is 5.75 Å². The number of benzene rings is 1. The number of methoxy groups -OCH3 is 1. The molecule has 2 rings (SSSR count). The van der Waals surface area contributed by atoms with Gasteiger partial charge in [-0.15, -0.1) is 24.0 Å². The first-order chi connectivity index (χ1) is 12.6. The van der Waals surface area contributed by atoms with Crippen molar-refractivity contribution in [1.29, 1.82) is 0 Å². The van der Waals surface area contributed by atoms with Crippen LogP contribution in [0.15, 0.2) is 29.3 Å². The highest BCUT2D eigenvalue weighted by atomic mass is 127. The number of rotatable bonds is 7. The average Bonchev–Trinajstić information content (AvgIpc) is 2.68. The molecule has 154 valence electrons. The third kappa shape index (κ3) is 7.03. The molecule has 0 spiro atoms. The Labute approximate surface area is 182 Å². The van der Waals surface area contributed by atoms with Gasteiger partial charge in [-0.25, -0.2) is 0 Å². The summed E-state index contributed by atoms with van der Waals surface area (Å²) in [4.78, 5) is 11.7. The van der Waals surface area contributed by atoms with Crippen LogP contribution in [-0.4, -0.2) is 81.8 Å². The Kier molecular flexibility index (Phi) is 10.8. The number of nitrogens with zero attached hydrogens (tertiary/aromatic N) is 4. The summed E-state index contributed by atoms with van der Waals surface area (Å²) in [5.74, 6) is 1.92. The number of nitrogens with one attached hydrogen (secondary N) is 1. The fourth-order valence-electron chi connectivity index (χ4n) is 3.39. The van der Waals surface area contributed by atoms with Crippen LogP contribution in [-0.2, 0) is 0 Å². The summed E-state index contributed by atoms with van der Waals surface area (Å²) >= 11 is 0. The van der Waals surface area contributed by atoms with E-state index in [1.807, 2.05) is 19.2 Å². The van der Waals surface area contributed by atoms with E-state index in [-0.39, 0.29) is 24.0 Å². The van der Waals surface area contributed by atoms with Crippen LogP contribution in [0.2, 0.25) is 0 Å². The van der Waals surface area contributed by atoms with Crippen molar-refractivity contribution in [3.05, 3.63) is 24.3 Å². The highest BCUT2D eigenvalue weighted by Gasteiger charge is 2.20. The van der Waals surface area contributed by atoms with Gasteiger partial charge in [0.1, 0.15) is 5.75 Å². The van der Waals surface area contributed by atoms with Gasteiger partial charge >= 0.3 is 0 Å². The lowest BCUT2D eigenvalue weighted by molar-refractivity contribution is 0.236. The standard InChI is InChI=1S/C20H35N5O.HI/c1-6-23(17(2)3)12-11-22-20(21-4)25-15-13-24(14-16-25)18-7-9-19(26-5)10-8-18;/h7-10,17H,6,11-16H2,1-5H3,(H,21,22);1H. The number of halogens is 1. The Morgan fingerprint density at radius 3 is 2.30 bits per heavy atom. The predicted molar refractivity (Wildman–Crippen MR) is 126 cm³/mol. The molecule has 1 aromatic rings. The first kappa shape index (κ1) is 23.8. The van der Waals surface area contributed by atoms with Crippen LogP contribution >= 0.6 is 24.0 Å². The quantitative estimate of drug-likeness (QED) is 0.363. The third-order valence-electron chi connectivity index (χ3n) is 5.05. The summed E-state index contributed by atoms with van der Waals surface area (Å²) in [7, 11) is 3.57. The molecule has 1 aliphatic rings. The molecule has 1 saturated heterocycles. The summed E-state index contributed by atoms with van der Waals surface area (Å²) in [5, 5.41) is 3.53. The SMILES string of the molecule is CCN(CCNC(=NC)N1CCN(c2ccc(OC)cc2)CC1)C(C)C.I. The Morgan fingerprint density at radius 1 is 1.19 bits per heavy atom. The molecular weight excluding hydrogens is 453 g/mol. The molecule has 0 radical (unpaired) electrons. The van der Waals surface area contributed by atoms with Crippen molar-refractivity contribution in [2.24, 2.45) is 4.99 Å². The van der Waals surface area contributed by atoms with Gasteiger partial charge in [-0.3, -0.25) is 9.89 Å². The van der Waals surface area contributed by atoms with Gasteiger partial charge in [0.2, 0.25) is 0 Å². The van der Waals surface area contributed by atoms with Crippen LogP contribution < -0.4 is 15.0 Å². The lowest BCUT2D eigenvalue weighted by atomic mass is 10.2. The first-order valence-corrected chi connectivity index (χ1v) is 9.67. The molecular formula is C20H36IN5O. The molecule has 1 N–H and O–H groups in total. The first-order valence-electron chi connectivity index (χ1n) is 9.67. The van der Waals surface area contributed by atoms with E-state index in [0.717, 1.165) is 57.5 Å². The summed E-state index contributed by atoms with van der Waals surface area (Å²) in [6.45, 7) is 13.7.